The standard InChI is InChI=1S/C9H12O5S/c1-15(11,12)14-8-4-2-3-6-7(8)5-13-9(6)10/h3,7-8H,2,4-5H2,1H3. The fraction of sp³-hybridized carbons (Fsp3) is 0.667. The van der Waals surface area contributed by atoms with Crippen molar-refractivity contribution in [1.82, 2.24) is 0 Å². The number of fused-ring (bicyclic) bond motifs is 1. The zero-order valence-electron chi connectivity index (χ0n) is 8.30. The Balaban J connectivity index is 2.17. The quantitative estimate of drug-likeness (QED) is 0.503. The van der Waals surface area contributed by atoms with Gasteiger partial charge < -0.3 is 4.74 Å². The summed E-state index contributed by atoms with van der Waals surface area (Å²) in [7, 11) is -3.47. The molecule has 15 heavy (non-hydrogen) atoms. The molecular formula is C9H12O5S. The maximum absolute atomic E-state index is 11.2. The molecule has 0 amide bonds. The molecule has 2 aliphatic rings. The molecule has 1 aliphatic carbocycles. The predicted octanol–water partition coefficient (Wildman–Crippen LogP) is 0.224. The van der Waals surface area contributed by atoms with Crippen LogP contribution in [0.25, 0.3) is 0 Å². The summed E-state index contributed by atoms with van der Waals surface area (Å²) in [6.07, 6.45) is 3.63. The normalized spacial score (nSPS) is 30.7. The third-order valence-corrected chi connectivity index (χ3v) is 3.19. The molecule has 1 heterocycles. The van der Waals surface area contributed by atoms with E-state index in [0.29, 0.717) is 18.4 Å². The van der Waals surface area contributed by atoms with Crippen LogP contribution in [-0.4, -0.2) is 33.4 Å². The van der Waals surface area contributed by atoms with E-state index in [9.17, 15) is 13.2 Å². The van der Waals surface area contributed by atoms with Crippen molar-refractivity contribution in [3.63, 3.8) is 0 Å². The second-order valence-corrected chi connectivity index (χ2v) is 5.38. The van der Waals surface area contributed by atoms with Gasteiger partial charge in [-0.1, -0.05) is 6.08 Å². The van der Waals surface area contributed by atoms with Crippen molar-refractivity contribution in [1.29, 1.82) is 0 Å². The second kappa shape index (κ2) is 3.61. The van der Waals surface area contributed by atoms with Gasteiger partial charge in [0.05, 0.1) is 18.3 Å². The van der Waals surface area contributed by atoms with Crippen LogP contribution in [0.5, 0.6) is 0 Å². The van der Waals surface area contributed by atoms with Crippen molar-refractivity contribution < 1.29 is 22.1 Å². The summed E-state index contributed by atoms with van der Waals surface area (Å²) in [5, 5.41) is 0. The highest BCUT2D eigenvalue weighted by molar-refractivity contribution is 7.86. The van der Waals surface area contributed by atoms with E-state index >= 15 is 0 Å². The van der Waals surface area contributed by atoms with Gasteiger partial charge in [0, 0.05) is 5.57 Å². The Hall–Kier alpha value is -0.880. The van der Waals surface area contributed by atoms with Gasteiger partial charge in [-0.15, -0.1) is 0 Å². The van der Waals surface area contributed by atoms with Gasteiger partial charge in [0.15, 0.2) is 0 Å². The molecule has 0 bridgehead atoms. The Morgan fingerprint density at radius 1 is 1.53 bits per heavy atom. The molecule has 0 aromatic carbocycles. The molecule has 0 saturated carbocycles. The van der Waals surface area contributed by atoms with Crippen LogP contribution in [0, 0.1) is 5.92 Å². The highest BCUT2D eigenvalue weighted by Crippen LogP contribution is 2.33. The summed E-state index contributed by atoms with van der Waals surface area (Å²) in [5.41, 5.74) is 0.565. The minimum Gasteiger partial charge on any atom is -0.462 e. The minimum absolute atomic E-state index is 0.221. The van der Waals surface area contributed by atoms with Crippen molar-refractivity contribution in [2.45, 2.75) is 18.9 Å². The zero-order valence-corrected chi connectivity index (χ0v) is 9.12. The van der Waals surface area contributed by atoms with Crippen LogP contribution in [0.3, 0.4) is 0 Å². The minimum atomic E-state index is -3.47. The van der Waals surface area contributed by atoms with Crippen LogP contribution in [0.2, 0.25) is 0 Å². The molecule has 5 nitrogen and oxygen atoms in total. The van der Waals surface area contributed by atoms with Gasteiger partial charge in [0.1, 0.15) is 6.61 Å². The molecule has 0 spiro atoms. The van der Waals surface area contributed by atoms with E-state index in [1.165, 1.54) is 0 Å². The Kier molecular flexibility index (Phi) is 2.56. The first-order valence-corrected chi connectivity index (χ1v) is 6.54. The first-order valence-electron chi connectivity index (χ1n) is 4.73. The zero-order chi connectivity index (χ0) is 11.1. The fourth-order valence-corrected chi connectivity index (χ4v) is 2.66. The number of carbonyl (C=O) groups is 1. The van der Waals surface area contributed by atoms with Crippen LogP contribution < -0.4 is 0 Å². The lowest BCUT2D eigenvalue weighted by molar-refractivity contribution is -0.135. The van der Waals surface area contributed by atoms with Crippen molar-refractivity contribution in [2.75, 3.05) is 12.9 Å². The topological polar surface area (TPSA) is 69.7 Å². The van der Waals surface area contributed by atoms with E-state index in [1.807, 2.05) is 6.08 Å². The van der Waals surface area contributed by atoms with E-state index in [4.69, 9.17) is 8.92 Å². The third kappa shape index (κ3) is 2.21. The number of ether oxygens (including phenoxy) is 1. The number of esters is 1. The highest BCUT2D eigenvalue weighted by atomic mass is 32.2. The molecule has 1 fully saturated rings. The summed E-state index contributed by atoms with van der Waals surface area (Å²) < 4.78 is 31.8. The Morgan fingerprint density at radius 3 is 2.93 bits per heavy atom. The van der Waals surface area contributed by atoms with Crippen LogP contribution in [-0.2, 0) is 23.8 Å². The fourth-order valence-electron chi connectivity index (χ4n) is 1.98. The van der Waals surface area contributed by atoms with E-state index in [-0.39, 0.29) is 18.5 Å². The molecule has 1 saturated heterocycles. The molecule has 2 unspecified atom stereocenters. The van der Waals surface area contributed by atoms with Gasteiger partial charge in [-0.3, -0.25) is 4.18 Å². The molecule has 2 atom stereocenters. The van der Waals surface area contributed by atoms with Crippen LogP contribution in [0.15, 0.2) is 11.6 Å². The summed E-state index contributed by atoms with van der Waals surface area (Å²) in [6.45, 7) is 0.227. The van der Waals surface area contributed by atoms with Crippen molar-refractivity contribution in [3.05, 3.63) is 11.6 Å². The monoisotopic (exact) mass is 232 g/mol. The largest absolute Gasteiger partial charge is 0.462 e. The summed E-state index contributed by atoms with van der Waals surface area (Å²) >= 11 is 0. The van der Waals surface area contributed by atoms with E-state index in [0.717, 1.165) is 6.26 Å². The third-order valence-electron chi connectivity index (χ3n) is 2.59. The van der Waals surface area contributed by atoms with Gasteiger partial charge in [-0.2, -0.15) is 8.42 Å². The summed E-state index contributed by atoms with van der Waals surface area (Å²) in [4.78, 5) is 11.2. The number of hydrogen-bond acceptors (Lipinski definition) is 5. The second-order valence-electron chi connectivity index (χ2n) is 3.78. The van der Waals surface area contributed by atoms with Gasteiger partial charge in [0.25, 0.3) is 10.1 Å². The lowest BCUT2D eigenvalue weighted by atomic mass is 9.87. The number of allylic oxidation sites excluding steroid dienone is 1. The Morgan fingerprint density at radius 2 is 2.27 bits per heavy atom. The number of cyclic esters (lactones) is 1. The van der Waals surface area contributed by atoms with E-state index in [1.54, 1.807) is 0 Å². The van der Waals surface area contributed by atoms with Crippen LogP contribution in [0.1, 0.15) is 12.8 Å². The first kappa shape index (κ1) is 10.6. The molecule has 0 radical (unpaired) electrons. The molecule has 0 N–H and O–H groups in total. The van der Waals surface area contributed by atoms with Gasteiger partial charge in [0.2, 0.25) is 0 Å². The maximum Gasteiger partial charge on any atom is 0.334 e. The number of hydrogen-bond donors (Lipinski definition) is 0. The van der Waals surface area contributed by atoms with Crippen LogP contribution >= 0.6 is 0 Å². The lowest BCUT2D eigenvalue weighted by Gasteiger charge is -2.24. The maximum atomic E-state index is 11.2. The molecule has 2 rings (SSSR count). The predicted molar refractivity (Wildman–Crippen MR) is 51.5 cm³/mol. The summed E-state index contributed by atoms with van der Waals surface area (Å²) in [6, 6.07) is 0. The van der Waals surface area contributed by atoms with Crippen LogP contribution in [0.4, 0.5) is 0 Å². The average molecular weight is 232 g/mol. The average Bonchev–Trinajstić information content (AvgIpc) is 2.47. The molecule has 84 valence electrons. The van der Waals surface area contributed by atoms with Crippen molar-refractivity contribution in [2.24, 2.45) is 5.92 Å². The number of rotatable bonds is 2. The molecule has 0 aromatic rings. The van der Waals surface area contributed by atoms with Gasteiger partial charge in [-0.05, 0) is 12.8 Å². The summed E-state index contributed by atoms with van der Waals surface area (Å²) in [5.74, 6) is -0.567. The SMILES string of the molecule is CS(=O)(=O)OC1CCC=C2C(=O)OCC21. The van der Waals surface area contributed by atoms with E-state index < -0.39 is 16.2 Å². The Labute approximate surface area is 88.2 Å². The molecule has 0 aromatic heterocycles. The first-order chi connectivity index (χ1) is 6.97. The Bertz CT molecular complexity index is 408. The van der Waals surface area contributed by atoms with Gasteiger partial charge >= 0.3 is 5.97 Å². The van der Waals surface area contributed by atoms with Gasteiger partial charge in [-0.25, -0.2) is 4.79 Å². The molecule has 1 aliphatic heterocycles. The number of carbonyl (C=O) groups excluding carboxylic acids is 1. The van der Waals surface area contributed by atoms with E-state index in [2.05, 4.69) is 0 Å². The lowest BCUT2D eigenvalue weighted by Crippen LogP contribution is -2.30. The molecular weight excluding hydrogens is 220 g/mol. The highest BCUT2D eigenvalue weighted by Gasteiger charge is 2.40. The van der Waals surface area contributed by atoms with Crippen molar-refractivity contribution >= 4 is 16.1 Å². The smallest absolute Gasteiger partial charge is 0.334 e. The van der Waals surface area contributed by atoms with Crippen molar-refractivity contribution in [3.8, 4) is 0 Å². The molecule has 6 heteroatoms.